The number of rotatable bonds is 2. The molecule has 0 radical (unpaired) electrons. The second kappa shape index (κ2) is 4.53. The summed E-state index contributed by atoms with van der Waals surface area (Å²) in [5, 5.41) is 9.53. The van der Waals surface area contributed by atoms with Crippen LogP contribution < -0.4 is 0 Å². The molecule has 0 spiro atoms. The first-order valence-corrected chi connectivity index (χ1v) is 6.35. The molecule has 0 aromatic heterocycles. The van der Waals surface area contributed by atoms with E-state index in [2.05, 4.69) is 41.9 Å². The average molecular weight is 291 g/mol. The Labute approximate surface area is 110 Å². The third kappa shape index (κ3) is 2.37. The van der Waals surface area contributed by atoms with Crippen molar-refractivity contribution < 1.29 is 5.11 Å². The minimum Gasteiger partial charge on any atom is -0.507 e. The molecule has 0 unspecified atom stereocenters. The molecule has 0 saturated heterocycles. The van der Waals surface area contributed by atoms with Crippen molar-refractivity contribution in [2.75, 3.05) is 0 Å². The average Bonchev–Trinajstić information content (AvgIpc) is 2.33. The van der Waals surface area contributed by atoms with Crippen molar-refractivity contribution in [2.45, 2.75) is 19.3 Å². The Morgan fingerprint density at radius 1 is 0.941 bits per heavy atom. The lowest BCUT2D eigenvalue weighted by molar-refractivity contribution is 0.471. The predicted octanol–water partition coefficient (Wildman–Crippen LogP) is 4.48. The van der Waals surface area contributed by atoms with E-state index in [0.29, 0.717) is 0 Å². The second-order valence-corrected chi connectivity index (χ2v) is 5.51. The van der Waals surface area contributed by atoms with Gasteiger partial charge in [-0.2, -0.15) is 0 Å². The third-order valence-corrected chi connectivity index (χ3v) is 3.80. The minimum atomic E-state index is -0.0719. The first-order valence-electron chi connectivity index (χ1n) is 5.56. The fourth-order valence-electron chi connectivity index (χ4n) is 1.92. The summed E-state index contributed by atoms with van der Waals surface area (Å²) >= 11 is 3.36. The van der Waals surface area contributed by atoms with Gasteiger partial charge in [0.25, 0.3) is 0 Å². The molecule has 0 fully saturated rings. The predicted molar refractivity (Wildman–Crippen MR) is 74.4 cm³/mol. The molecule has 2 aromatic rings. The highest BCUT2D eigenvalue weighted by atomic mass is 79.9. The Morgan fingerprint density at radius 3 is 2.18 bits per heavy atom. The van der Waals surface area contributed by atoms with Gasteiger partial charge in [-0.3, -0.25) is 0 Å². The number of hydrogen-bond donors (Lipinski definition) is 1. The molecule has 0 aliphatic carbocycles. The van der Waals surface area contributed by atoms with E-state index >= 15 is 0 Å². The smallest absolute Gasteiger partial charge is 0.129 e. The number of halogens is 1. The lowest BCUT2D eigenvalue weighted by Gasteiger charge is -2.26. The fraction of sp³-hybridized carbons (Fsp3) is 0.200. The van der Waals surface area contributed by atoms with Gasteiger partial charge in [-0.25, -0.2) is 0 Å². The van der Waals surface area contributed by atoms with E-state index in [4.69, 9.17) is 0 Å². The van der Waals surface area contributed by atoms with Crippen LogP contribution in [0.4, 0.5) is 0 Å². The molecule has 2 heteroatoms. The van der Waals surface area contributed by atoms with Crippen LogP contribution in [0.25, 0.3) is 0 Å². The van der Waals surface area contributed by atoms with Crippen molar-refractivity contribution in [2.24, 2.45) is 0 Å². The normalized spacial score (nSPS) is 11.5. The highest BCUT2D eigenvalue weighted by Crippen LogP contribution is 2.35. The maximum atomic E-state index is 9.53. The number of aromatic hydroxyl groups is 1. The maximum absolute atomic E-state index is 9.53. The summed E-state index contributed by atoms with van der Waals surface area (Å²) < 4.78 is 0.735. The van der Waals surface area contributed by atoms with Crippen LogP contribution in [0.5, 0.6) is 5.75 Å². The number of phenols is 1. The molecule has 0 saturated carbocycles. The maximum Gasteiger partial charge on any atom is 0.129 e. The van der Waals surface area contributed by atoms with Crippen molar-refractivity contribution in [3.8, 4) is 5.75 Å². The zero-order valence-corrected chi connectivity index (χ0v) is 11.5. The Hall–Kier alpha value is -1.28. The molecular weight excluding hydrogens is 276 g/mol. The Morgan fingerprint density at radius 2 is 1.59 bits per heavy atom. The molecule has 0 atom stereocenters. The molecule has 0 amide bonds. The SMILES string of the molecule is CC(C)(c1ccccc1)c1ccc(O)c(Br)c1. The summed E-state index contributed by atoms with van der Waals surface area (Å²) in [7, 11) is 0. The van der Waals surface area contributed by atoms with E-state index in [1.807, 2.05) is 30.3 Å². The van der Waals surface area contributed by atoms with E-state index in [1.165, 1.54) is 11.1 Å². The second-order valence-electron chi connectivity index (χ2n) is 4.66. The van der Waals surface area contributed by atoms with Crippen molar-refractivity contribution >= 4 is 15.9 Å². The van der Waals surface area contributed by atoms with Crippen LogP contribution >= 0.6 is 15.9 Å². The first kappa shape index (κ1) is 12.2. The standard InChI is InChI=1S/C15H15BrO/c1-15(2,11-6-4-3-5-7-11)12-8-9-14(17)13(16)10-12/h3-10,17H,1-2H3. The lowest BCUT2D eigenvalue weighted by Crippen LogP contribution is -2.18. The van der Waals surface area contributed by atoms with Crippen LogP contribution in [0.3, 0.4) is 0 Å². The number of benzene rings is 2. The minimum absolute atomic E-state index is 0.0719. The molecule has 2 aromatic carbocycles. The summed E-state index contributed by atoms with van der Waals surface area (Å²) in [6.45, 7) is 4.36. The summed E-state index contributed by atoms with van der Waals surface area (Å²) in [5.41, 5.74) is 2.36. The Bertz CT molecular complexity index is 518. The third-order valence-electron chi connectivity index (χ3n) is 3.16. The molecule has 88 valence electrons. The Kier molecular flexibility index (Phi) is 3.25. The molecule has 17 heavy (non-hydrogen) atoms. The van der Waals surface area contributed by atoms with E-state index in [0.717, 1.165) is 4.47 Å². The number of phenolic OH excluding ortho intramolecular Hbond substituents is 1. The highest BCUT2D eigenvalue weighted by molar-refractivity contribution is 9.10. The van der Waals surface area contributed by atoms with Crippen LogP contribution in [0, 0.1) is 0 Å². The quantitative estimate of drug-likeness (QED) is 0.865. The number of hydrogen-bond acceptors (Lipinski definition) is 1. The molecule has 0 aliphatic rings. The Balaban J connectivity index is 2.48. The summed E-state index contributed by atoms with van der Waals surface area (Å²) in [4.78, 5) is 0. The highest BCUT2D eigenvalue weighted by Gasteiger charge is 2.23. The zero-order chi connectivity index (χ0) is 12.5. The van der Waals surface area contributed by atoms with Gasteiger partial charge in [0.15, 0.2) is 0 Å². The van der Waals surface area contributed by atoms with Crippen LogP contribution in [-0.2, 0) is 5.41 Å². The van der Waals surface area contributed by atoms with Crippen LogP contribution in [0.2, 0.25) is 0 Å². The van der Waals surface area contributed by atoms with E-state index in [-0.39, 0.29) is 11.2 Å². The van der Waals surface area contributed by atoms with Gasteiger partial charge in [0.2, 0.25) is 0 Å². The first-order chi connectivity index (χ1) is 8.01. The van der Waals surface area contributed by atoms with Gasteiger partial charge in [-0.05, 0) is 39.2 Å². The summed E-state index contributed by atoms with van der Waals surface area (Å²) in [6.07, 6.45) is 0. The van der Waals surface area contributed by atoms with Gasteiger partial charge >= 0.3 is 0 Å². The molecular formula is C15H15BrO. The van der Waals surface area contributed by atoms with Crippen LogP contribution in [-0.4, -0.2) is 5.11 Å². The van der Waals surface area contributed by atoms with E-state index in [1.54, 1.807) is 6.07 Å². The summed E-state index contributed by atoms with van der Waals surface area (Å²) in [6, 6.07) is 16.0. The fourth-order valence-corrected chi connectivity index (χ4v) is 2.30. The van der Waals surface area contributed by atoms with E-state index in [9.17, 15) is 5.11 Å². The zero-order valence-electron chi connectivity index (χ0n) is 9.94. The van der Waals surface area contributed by atoms with Crippen LogP contribution in [0.15, 0.2) is 53.0 Å². The van der Waals surface area contributed by atoms with Gasteiger partial charge < -0.3 is 5.11 Å². The van der Waals surface area contributed by atoms with Crippen molar-refractivity contribution in [3.63, 3.8) is 0 Å². The van der Waals surface area contributed by atoms with Crippen molar-refractivity contribution in [1.82, 2.24) is 0 Å². The lowest BCUT2D eigenvalue weighted by atomic mass is 9.78. The van der Waals surface area contributed by atoms with Crippen molar-refractivity contribution in [1.29, 1.82) is 0 Å². The largest absolute Gasteiger partial charge is 0.507 e. The topological polar surface area (TPSA) is 20.2 Å². The van der Waals surface area contributed by atoms with Gasteiger partial charge in [0, 0.05) is 5.41 Å². The molecule has 0 heterocycles. The van der Waals surface area contributed by atoms with Gasteiger partial charge in [-0.1, -0.05) is 50.2 Å². The molecule has 0 aliphatic heterocycles. The summed E-state index contributed by atoms with van der Waals surface area (Å²) in [5.74, 6) is 0.276. The molecule has 1 nitrogen and oxygen atoms in total. The van der Waals surface area contributed by atoms with Crippen LogP contribution in [0.1, 0.15) is 25.0 Å². The van der Waals surface area contributed by atoms with Gasteiger partial charge in [0.1, 0.15) is 5.75 Å². The van der Waals surface area contributed by atoms with Gasteiger partial charge in [0.05, 0.1) is 4.47 Å². The molecule has 2 rings (SSSR count). The van der Waals surface area contributed by atoms with Crippen molar-refractivity contribution in [3.05, 3.63) is 64.1 Å². The van der Waals surface area contributed by atoms with Gasteiger partial charge in [-0.15, -0.1) is 0 Å². The molecule has 1 N–H and O–H groups in total. The monoisotopic (exact) mass is 290 g/mol. The molecule has 0 bridgehead atoms. The van der Waals surface area contributed by atoms with E-state index < -0.39 is 0 Å².